The third-order valence-electron chi connectivity index (χ3n) is 2.47. The Morgan fingerprint density at radius 2 is 1.79 bits per heavy atom. The molecule has 1 aromatic rings. The van der Waals surface area contributed by atoms with E-state index in [9.17, 15) is 9.13 Å². The minimum atomic E-state index is -4.63. The van der Waals surface area contributed by atoms with E-state index in [1.165, 1.54) is 0 Å². The Morgan fingerprint density at radius 3 is 2.16 bits per heavy atom. The third kappa shape index (κ3) is 3.85. The number of aliphatic hydroxyl groups excluding tert-OH is 1. The number of aliphatic hydroxyl groups is 1. The Kier molecular flexibility index (Phi) is 4.89. The van der Waals surface area contributed by atoms with Crippen LogP contribution in [0.1, 0.15) is 11.2 Å². The van der Waals surface area contributed by atoms with Gasteiger partial charge in [-0.1, -0.05) is 6.07 Å². The first-order valence-electron chi connectivity index (χ1n) is 4.94. The number of benzene rings is 1. The summed E-state index contributed by atoms with van der Waals surface area (Å²) >= 11 is 0. The summed E-state index contributed by atoms with van der Waals surface area (Å²) in [5.74, 6) is 5.16. The van der Waals surface area contributed by atoms with Crippen LogP contribution in [-0.4, -0.2) is 31.3 Å². The average Bonchev–Trinajstić information content (AvgIpc) is 2.27. The minimum Gasteiger partial charge on any atom is -0.395 e. The van der Waals surface area contributed by atoms with Crippen molar-refractivity contribution in [2.24, 2.45) is 5.84 Å². The lowest BCUT2D eigenvalue weighted by atomic mass is 10.1. The SMILES string of the molecule is NNc1cc(P(=O)(O)O)ccc1C(CO)P(=O)(O)O. The summed E-state index contributed by atoms with van der Waals surface area (Å²) in [4.78, 5) is 36.2. The highest BCUT2D eigenvalue weighted by Gasteiger charge is 2.32. The number of anilines is 1. The van der Waals surface area contributed by atoms with Crippen LogP contribution in [0.15, 0.2) is 18.2 Å². The molecule has 0 saturated carbocycles. The molecule has 0 amide bonds. The van der Waals surface area contributed by atoms with Crippen LogP contribution in [0.25, 0.3) is 0 Å². The maximum atomic E-state index is 11.2. The lowest BCUT2D eigenvalue weighted by molar-refractivity contribution is 0.266. The second-order valence-electron chi connectivity index (χ2n) is 3.75. The van der Waals surface area contributed by atoms with Gasteiger partial charge in [0.1, 0.15) is 5.66 Å². The van der Waals surface area contributed by atoms with Crippen LogP contribution in [0.3, 0.4) is 0 Å². The van der Waals surface area contributed by atoms with Gasteiger partial charge in [-0.2, -0.15) is 0 Å². The van der Waals surface area contributed by atoms with Gasteiger partial charge >= 0.3 is 15.2 Å². The number of hydrogen-bond donors (Lipinski definition) is 7. The van der Waals surface area contributed by atoms with Crippen LogP contribution in [0, 0.1) is 0 Å². The molecule has 0 aromatic heterocycles. The summed E-state index contributed by atoms with van der Waals surface area (Å²) < 4.78 is 22.3. The van der Waals surface area contributed by atoms with E-state index in [1.54, 1.807) is 0 Å². The molecular formula is C8H14N2O7P2. The Bertz CT molecular complexity index is 552. The van der Waals surface area contributed by atoms with Gasteiger partial charge in [0.05, 0.1) is 17.6 Å². The first kappa shape index (κ1) is 16.3. The minimum absolute atomic E-state index is 0.0319. The lowest BCUT2D eigenvalue weighted by Crippen LogP contribution is -2.16. The zero-order valence-electron chi connectivity index (χ0n) is 9.54. The fourth-order valence-electron chi connectivity index (χ4n) is 1.53. The summed E-state index contributed by atoms with van der Waals surface area (Å²) in [6, 6.07) is 3.10. The highest BCUT2D eigenvalue weighted by atomic mass is 31.2. The van der Waals surface area contributed by atoms with Crippen LogP contribution in [0.4, 0.5) is 5.69 Å². The molecular weight excluding hydrogens is 298 g/mol. The van der Waals surface area contributed by atoms with E-state index in [-0.39, 0.29) is 16.6 Å². The topological polar surface area (TPSA) is 173 Å². The summed E-state index contributed by atoms with van der Waals surface area (Å²) in [5.41, 5.74) is 0.461. The maximum absolute atomic E-state index is 11.2. The highest BCUT2D eigenvalue weighted by Crippen LogP contribution is 2.53. The molecule has 19 heavy (non-hydrogen) atoms. The number of nitrogens with two attached hydrogens (primary N) is 1. The number of nitrogens with one attached hydrogen (secondary N) is 1. The molecule has 1 aromatic carbocycles. The molecule has 0 fully saturated rings. The molecule has 0 aliphatic rings. The van der Waals surface area contributed by atoms with Gasteiger partial charge in [0.25, 0.3) is 0 Å². The molecule has 108 valence electrons. The van der Waals surface area contributed by atoms with Gasteiger partial charge in [-0.05, 0) is 17.7 Å². The lowest BCUT2D eigenvalue weighted by Gasteiger charge is -2.20. The zero-order chi connectivity index (χ0) is 14.8. The number of hydrazine groups is 1. The van der Waals surface area contributed by atoms with E-state index in [0.717, 1.165) is 18.2 Å². The van der Waals surface area contributed by atoms with E-state index in [0.29, 0.717) is 0 Å². The molecule has 1 unspecified atom stereocenters. The summed E-state index contributed by atoms with van der Waals surface area (Å²) in [7, 11) is -9.14. The normalized spacial score (nSPS) is 14.2. The molecule has 0 radical (unpaired) electrons. The van der Waals surface area contributed by atoms with Gasteiger partial charge in [-0.15, -0.1) is 0 Å². The monoisotopic (exact) mass is 312 g/mol. The zero-order valence-corrected chi connectivity index (χ0v) is 11.3. The first-order valence-corrected chi connectivity index (χ1v) is 8.23. The Hall–Kier alpha value is -0.760. The van der Waals surface area contributed by atoms with Crippen molar-refractivity contribution in [1.82, 2.24) is 0 Å². The average molecular weight is 312 g/mol. The molecule has 0 saturated heterocycles. The van der Waals surface area contributed by atoms with Crippen LogP contribution in [0.2, 0.25) is 0 Å². The van der Waals surface area contributed by atoms with E-state index >= 15 is 0 Å². The van der Waals surface area contributed by atoms with Crippen LogP contribution in [-0.2, 0) is 9.13 Å². The second kappa shape index (κ2) is 5.70. The highest BCUT2D eigenvalue weighted by molar-refractivity contribution is 7.60. The largest absolute Gasteiger partial charge is 0.395 e. The predicted molar refractivity (Wildman–Crippen MR) is 67.8 cm³/mol. The smallest absolute Gasteiger partial charge is 0.356 e. The molecule has 0 aliphatic heterocycles. The standard InChI is InChI=1S/C8H14N2O7P2/c9-10-7-3-5(18(12,13)14)1-2-6(7)8(4-11)19(15,16)17/h1-3,8,10-11H,4,9H2,(H2,12,13,14)(H2,15,16,17). The molecule has 9 nitrogen and oxygen atoms in total. The van der Waals surface area contributed by atoms with Gasteiger partial charge in [-0.3, -0.25) is 15.0 Å². The molecule has 0 spiro atoms. The Labute approximate surface area is 108 Å². The molecule has 1 atom stereocenters. The summed E-state index contributed by atoms with van der Waals surface area (Å²) in [6.07, 6.45) is 0. The molecule has 1 rings (SSSR count). The van der Waals surface area contributed by atoms with Gasteiger partial charge in [-0.25, -0.2) is 0 Å². The van der Waals surface area contributed by atoms with Gasteiger partial charge in [0.15, 0.2) is 0 Å². The van der Waals surface area contributed by atoms with Crippen molar-refractivity contribution >= 4 is 26.2 Å². The van der Waals surface area contributed by atoms with Crippen LogP contribution >= 0.6 is 15.2 Å². The van der Waals surface area contributed by atoms with Gasteiger partial charge in [0, 0.05) is 0 Å². The molecule has 8 N–H and O–H groups in total. The summed E-state index contributed by atoms with van der Waals surface area (Å²) in [6.45, 7) is -0.839. The quantitative estimate of drug-likeness (QED) is 0.204. The first-order chi connectivity index (χ1) is 8.61. The van der Waals surface area contributed by atoms with Crippen molar-refractivity contribution in [3.05, 3.63) is 23.8 Å². The number of rotatable bonds is 5. The van der Waals surface area contributed by atoms with Crippen molar-refractivity contribution in [2.75, 3.05) is 12.0 Å². The number of nitrogen functional groups attached to an aromatic ring is 1. The third-order valence-corrected chi connectivity index (χ3v) is 4.67. The van der Waals surface area contributed by atoms with Crippen LogP contribution < -0.4 is 16.6 Å². The molecule has 0 heterocycles. The second-order valence-corrected chi connectivity index (χ2v) is 7.15. The van der Waals surface area contributed by atoms with Crippen molar-refractivity contribution in [3.8, 4) is 0 Å². The fraction of sp³-hybridized carbons (Fsp3) is 0.250. The molecule has 11 heteroatoms. The van der Waals surface area contributed by atoms with Crippen molar-refractivity contribution in [3.63, 3.8) is 0 Å². The van der Waals surface area contributed by atoms with Crippen LogP contribution in [0.5, 0.6) is 0 Å². The van der Waals surface area contributed by atoms with E-state index < -0.39 is 27.5 Å². The summed E-state index contributed by atoms with van der Waals surface area (Å²) in [5, 5.41) is 8.69. The Balaban J connectivity index is 3.38. The van der Waals surface area contributed by atoms with Crippen molar-refractivity contribution in [1.29, 1.82) is 0 Å². The van der Waals surface area contributed by atoms with Crippen molar-refractivity contribution < 1.29 is 33.8 Å². The molecule has 0 bridgehead atoms. The van der Waals surface area contributed by atoms with Gasteiger partial charge in [0.2, 0.25) is 0 Å². The predicted octanol–water partition coefficient (Wildman–Crippen LogP) is -1.01. The van der Waals surface area contributed by atoms with E-state index in [4.69, 9.17) is 30.5 Å². The van der Waals surface area contributed by atoms with Crippen molar-refractivity contribution in [2.45, 2.75) is 5.66 Å². The van der Waals surface area contributed by atoms with Gasteiger partial charge < -0.3 is 30.1 Å². The van der Waals surface area contributed by atoms with E-state index in [1.807, 2.05) is 0 Å². The molecule has 0 aliphatic carbocycles. The maximum Gasteiger partial charge on any atom is 0.356 e. The van der Waals surface area contributed by atoms with E-state index in [2.05, 4.69) is 5.43 Å². The fourth-order valence-corrected chi connectivity index (χ4v) is 2.89. The Morgan fingerprint density at radius 1 is 1.21 bits per heavy atom. The number of hydrogen-bond acceptors (Lipinski definition) is 5.